The van der Waals surface area contributed by atoms with Gasteiger partial charge >= 0.3 is 0 Å². The van der Waals surface area contributed by atoms with Gasteiger partial charge < -0.3 is 9.52 Å². The van der Waals surface area contributed by atoms with E-state index in [1.54, 1.807) is 24.3 Å². The van der Waals surface area contributed by atoms with Crippen molar-refractivity contribution in [2.24, 2.45) is 0 Å². The molecule has 0 radical (unpaired) electrons. The van der Waals surface area contributed by atoms with Crippen molar-refractivity contribution in [2.75, 3.05) is 7.05 Å². The fraction of sp³-hybridized carbons (Fsp3) is 0.231. The van der Waals surface area contributed by atoms with E-state index < -0.39 is 10.0 Å². The molecule has 2 rings (SSSR count). The summed E-state index contributed by atoms with van der Waals surface area (Å²) < 4.78 is 31.7. The maximum absolute atomic E-state index is 12.5. The zero-order valence-corrected chi connectivity index (χ0v) is 13.2. The fourth-order valence-corrected chi connectivity index (χ4v) is 3.94. The van der Waals surface area contributed by atoms with Gasteiger partial charge in [-0.1, -0.05) is 6.07 Å². The largest absolute Gasteiger partial charge is 0.468 e. The first-order valence-corrected chi connectivity index (χ1v) is 8.06. The van der Waals surface area contributed by atoms with Crippen molar-refractivity contribution in [1.29, 1.82) is 0 Å². The lowest BCUT2D eigenvalue weighted by Crippen LogP contribution is -2.26. The van der Waals surface area contributed by atoms with Crippen molar-refractivity contribution in [3.8, 4) is 0 Å². The van der Waals surface area contributed by atoms with Crippen molar-refractivity contribution < 1.29 is 17.9 Å². The summed E-state index contributed by atoms with van der Waals surface area (Å²) in [5.74, 6) is 0.569. The second-order valence-corrected chi connectivity index (χ2v) is 7.13. The Hall–Kier alpha value is -1.15. The third-order valence-electron chi connectivity index (χ3n) is 2.83. The molecule has 20 heavy (non-hydrogen) atoms. The van der Waals surface area contributed by atoms with Crippen molar-refractivity contribution in [2.45, 2.75) is 18.0 Å². The number of sulfonamides is 1. The van der Waals surface area contributed by atoms with Crippen LogP contribution in [0.2, 0.25) is 0 Å². The van der Waals surface area contributed by atoms with Crippen LogP contribution < -0.4 is 0 Å². The van der Waals surface area contributed by atoms with E-state index in [4.69, 9.17) is 9.52 Å². The zero-order valence-electron chi connectivity index (χ0n) is 10.8. The van der Waals surface area contributed by atoms with Crippen molar-refractivity contribution >= 4 is 26.0 Å². The lowest BCUT2D eigenvalue weighted by Gasteiger charge is -2.17. The molecule has 108 valence electrons. The summed E-state index contributed by atoms with van der Waals surface area (Å²) in [6.45, 7) is 0.0185. The molecule has 1 aromatic heterocycles. The van der Waals surface area contributed by atoms with Gasteiger partial charge in [0.15, 0.2) is 0 Å². The van der Waals surface area contributed by atoms with Crippen LogP contribution in [-0.2, 0) is 23.2 Å². The third kappa shape index (κ3) is 3.12. The molecular weight excluding hydrogens is 346 g/mol. The van der Waals surface area contributed by atoms with Gasteiger partial charge in [0.1, 0.15) is 5.76 Å². The Bertz CT molecular complexity index is 682. The Morgan fingerprint density at radius 2 is 2.10 bits per heavy atom. The molecule has 0 aliphatic rings. The number of furan rings is 1. The third-order valence-corrected chi connectivity index (χ3v) is 5.61. The molecule has 1 N–H and O–H groups in total. The van der Waals surface area contributed by atoms with E-state index in [1.807, 2.05) is 0 Å². The van der Waals surface area contributed by atoms with Crippen molar-refractivity contribution in [3.63, 3.8) is 0 Å². The average Bonchev–Trinajstić information content (AvgIpc) is 2.91. The topological polar surface area (TPSA) is 70.8 Å². The maximum Gasteiger partial charge on any atom is 0.244 e. The van der Waals surface area contributed by atoms with Crippen LogP contribution in [0.4, 0.5) is 0 Å². The summed E-state index contributed by atoms with van der Waals surface area (Å²) in [5.41, 5.74) is 0.643. The van der Waals surface area contributed by atoms with Crippen LogP contribution in [0.25, 0.3) is 0 Å². The Labute approximate surface area is 126 Å². The van der Waals surface area contributed by atoms with E-state index >= 15 is 0 Å². The minimum atomic E-state index is -3.63. The highest BCUT2D eigenvalue weighted by molar-refractivity contribution is 9.10. The van der Waals surface area contributed by atoms with Gasteiger partial charge in [-0.3, -0.25) is 0 Å². The standard InChI is InChI=1S/C13H14BrNO4S/c1-15(8-11-3-2-6-19-11)20(17,18)13-5-4-10(9-16)7-12(13)14/h2-7,16H,8-9H2,1H3. The molecule has 0 fully saturated rings. The van der Waals surface area contributed by atoms with Crippen LogP contribution in [0.3, 0.4) is 0 Å². The van der Waals surface area contributed by atoms with E-state index in [1.165, 1.54) is 23.7 Å². The first-order valence-electron chi connectivity index (χ1n) is 5.83. The molecule has 1 aromatic carbocycles. The van der Waals surface area contributed by atoms with E-state index in [0.717, 1.165) is 0 Å². The molecule has 2 aromatic rings. The van der Waals surface area contributed by atoms with Gasteiger partial charge in [-0.25, -0.2) is 8.42 Å². The van der Waals surface area contributed by atoms with Gasteiger partial charge in [0.25, 0.3) is 0 Å². The van der Waals surface area contributed by atoms with Gasteiger partial charge in [-0.2, -0.15) is 4.31 Å². The summed E-state index contributed by atoms with van der Waals surface area (Å²) in [7, 11) is -2.14. The van der Waals surface area contributed by atoms with Gasteiger partial charge in [0, 0.05) is 11.5 Å². The van der Waals surface area contributed by atoms with E-state index in [0.29, 0.717) is 15.8 Å². The van der Waals surface area contributed by atoms with Gasteiger partial charge in [0.05, 0.1) is 24.3 Å². The highest BCUT2D eigenvalue weighted by Crippen LogP contribution is 2.26. The number of hydrogen-bond donors (Lipinski definition) is 1. The minimum Gasteiger partial charge on any atom is -0.468 e. The zero-order chi connectivity index (χ0) is 14.8. The summed E-state index contributed by atoms with van der Waals surface area (Å²) in [4.78, 5) is 0.156. The lowest BCUT2D eigenvalue weighted by molar-refractivity contribution is 0.281. The summed E-state index contributed by atoms with van der Waals surface area (Å²) in [5, 5.41) is 9.04. The average molecular weight is 360 g/mol. The van der Waals surface area contributed by atoms with Crippen LogP contribution in [0, 0.1) is 0 Å². The minimum absolute atomic E-state index is 0.138. The number of nitrogens with zero attached hydrogens (tertiary/aromatic N) is 1. The summed E-state index contributed by atoms with van der Waals surface area (Å²) in [6.07, 6.45) is 1.50. The molecular formula is C13H14BrNO4S. The van der Waals surface area contributed by atoms with Crippen molar-refractivity contribution in [3.05, 3.63) is 52.4 Å². The van der Waals surface area contributed by atoms with Crippen LogP contribution in [-0.4, -0.2) is 24.9 Å². The molecule has 0 unspecified atom stereocenters. The normalized spacial score (nSPS) is 12.0. The lowest BCUT2D eigenvalue weighted by atomic mass is 10.2. The number of benzene rings is 1. The number of hydrogen-bond acceptors (Lipinski definition) is 4. The van der Waals surface area contributed by atoms with Gasteiger partial charge in [-0.15, -0.1) is 0 Å². The predicted molar refractivity (Wildman–Crippen MR) is 77.4 cm³/mol. The van der Waals surface area contributed by atoms with E-state index in [2.05, 4.69) is 15.9 Å². The molecule has 1 heterocycles. The molecule has 5 nitrogen and oxygen atoms in total. The number of rotatable bonds is 5. The molecule has 0 aliphatic carbocycles. The predicted octanol–water partition coefficient (Wildman–Crippen LogP) is 2.36. The monoisotopic (exact) mass is 359 g/mol. The van der Waals surface area contributed by atoms with Crippen LogP contribution in [0.1, 0.15) is 11.3 Å². The molecule has 0 aliphatic heterocycles. The molecule has 0 saturated carbocycles. The first-order chi connectivity index (χ1) is 9.45. The van der Waals surface area contributed by atoms with Crippen molar-refractivity contribution in [1.82, 2.24) is 4.31 Å². The summed E-state index contributed by atoms with van der Waals surface area (Å²) >= 11 is 3.23. The number of aliphatic hydroxyl groups is 1. The van der Waals surface area contributed by atoms with Gasteiger partial charge in [-0.05, 0) is 45.8 Å². The van der Waals surface area contributed by atoms with E-state index in [-0.39, 0.29) is 18.0 Å². The van der Waals surface area contributed by atoms with E-state index in [9.17, 15) is 8.42 Å². The fourth-order valence-electron chi connectivity index (χ4n) is 1.73. The van der Waals surface area contributed by atoms with Gasteiger partial charge in [0.2, 0.25) is 10.0 Å². The molecule has 0 amide bonds. The SMILES string of the molecule is CN(Cc1ccco1)S(=O)(=O)c1ccc(CO)cc1Br. The summed E-state index contributed by atoms with van der Waals surface area (Å²) in [6, 6.07) is 8.08. The molecule has 0 bridgehead atoms. The molecule has 0 spiro atoms. The first kappa shape index (κ1) is 15.2. The smallest absolute Gasteiger partial charge is 0.244 e. The second kappa shape index (κ2) is 6.09. The highest BCUT2D eigenvalue weighted by Gasteiger charge is 2.24. The Balaban J connectivity index is 2.30. The van der Waals surface area contributed by atoms with Crippen LogP contribution in [0.5, 0.6) is 0 Å². The highest BCUT2D eigenvalue weighted by atomic mass is 79.9. The second-order valence-electron chi connectivity index (χ2n) is 4.26. The number of aliphatic hydroxyl groups excluding tert-OH is 1. The quantitative estimate of drug-likeness (QED) is 0.889. The number of halogens is 1. The molecule has 0 saturated heterocycles. The van der Waals surface area contributed by atoms with Crippen LogP contribution >= 0.6 is 15.9 Å². The molecule has 0 atom stereocenters. The Kier molecular flexibility index (Phi) is 4.64. The van der Waals surface area contributed by atoms with Crippen LogP contribution in [0.15, 0.2) is 50.4 Å². The maximum atomic E-state index is 12.5. The molecule has 7 heteroatoms. The Morgan fingerprint density at radius 3 is 2.65 bits per heavy atom. The Morgan fingerprint density at radius 1 is 1.35 bits per heavy atom.